The summed E-state index contributed by atoms with van der Waals surface area (Å²) in [6.45, 7) is 3.07. The molecule has 1 aliphatic heterocycles. The highest BCUT2D eigenvalue weighted by Crippen LogP contribution is 2.25. The Morgan fingerprint density at radius 3 is 2.47 bits per heavy atom. The van der Waals surface area contributed by atoms with Gasteiger partial charge in [0, 0.05) is 25.7 Å². The zero-order chi connectivity index (χ0) is 22.1. The highest BCUT2D eigenvalue weighted by molar-refractivity contribution is 14.0. The lowest BCUT2D eigenvalue weighted by atomic mass is 10.0. The highest BCUT2D eigenvalue weighted by Gasteiger charge is 2.22. The number of aliphatic imine (C=N–C) groups is 1. The van der Waals surface area contributed by atoms with Crippen LogP contribution in [-0.4, -0.2) is 49.8 Å². The minimum atomic E-state index is -0.391. The first-order valence-electron chi connectivity index (χ1n) is 10.8. The van der Waals surface area contributed by atoms with Gasteiger partial charge < -0.3 is 20.5 Å². The molecule has 8 heteroatoms. The van der Waals surface area contributed by atoms with Gasteiger partial charge in [-0.2, -0.15) is 0 Å². The first-order chi connectivity index (χ1) is 15.1. The van der Waals surface area contributed by atoms with Crippen molar-refractivity contribution >= 4 is 29.9 Å². The zero-order valence-electron chi connectivity index (χ0n) is 18.8. The van der Waals surface area contributed by atoms with E-state index in [-0.39, 0.29) is 36.6 Å². The Bertz CT molecular complexity index is 858. The SMILES string of the molecule is CN=C(NCc1ccc(F)c(CO)c1)NCC(c1ccc(OC)cc1)N1CCCCC1.I. The molecule has 0 radical (unpaired) electrons. The molecule has 32 heavy (non-hydrogen) atoms. The van der Waals surface area contributed by atoms with Gasteiger partial charge in [0.05, 0.1) is 19.8 Å². The lowest BCUT2D eigenvalue weighted by Crippen LogP contribution is -2.44. The number of aliphatic hydroxyl groups excluding tert-OH is 1. The van der Waals surface area contributed by atoms with Gasteiger partial charge in [-0.15, -0.1) is 24.0 Å². The highest BCUT2D eigenvalue weighted by atomic mass is 127. The predicted molar refractivity (Wildman–Crippen MR) is 137 cm³/mol. The monoisotopic (exact) mass is 556 g/mol. The van der Waals surface area contributed by atoms with Crippen molar-refractivity contribution in [3.8, 4) is 5.75 Å². The van der Waals surface area contributed by atoms with Gasteiger partial charge in [-0.1, -0.05) is 24.6 Å². The molecular formula is C24H34FIN4O2. The Balaban J connectivity index is 0.00000363. The van der Waals surface area contributed by atoms with Crippen molar-refractivity contribution in [1.29, 1.82) is 0 Å². The van der Waals surface area contributed by atoms with Crippen LogP contribution in [0.2, 0.25) is 0 Å². The number of benzene rings is 2. The normalized spacial score (nSPS) is 15.6. The minimum Gasteiger partial charge on any atom is -0.497 e. The van der Waals surface area contributed by atoms with Crippen molar-refractivity contribution in [2.45, 2.75) is 38.5 Å². The van der Waals surface area contributed by atoms with Gasteiger partial charge in [0.15, 0.2) is 5.96 Å². The second-order valence-electron chi connectivity index (χ2n) is 7.78. The van der Waals surface area contributed by atoms with Crippen molar-refractivity contribution in [1.82, 2.24) is 15.5 Å². The fourth-order valence-corrected chi connectivity index (χ4v) is 3.97. The van der Waals surface area contributed by atoms with Crippen molar-refractivity contribution in [2.75, 3.05) is 33.8 Å². The van der Waals surface area contributed by atoms with E-state index in [2.05, 4.69) is 32.7 Å². The van der Waals surface area contributed by atoms with Crippen LogP contribution in [0.15, 0.2) is 47.5 Å². The number of methoxy groups -OCH3 is 1. The molecule has 1 aliphatic rings. The quantitative estimate of drug-likeness (QED) is 0.262. The number of hydrogen-bond acceptors (Lipinski definition) is 4. The van der Waals surface area contributed by atoms with Crippen LogP contribution in [0.25, 0.3) is 0 Å². The van der Waals surface area contributed by atoms with Crippen LogP contribution in [0.4, 0.5) is 4.39 Å². The van der Waals surface area contributed by atoms with E-state index < -0.39 is 5.82 Å². The van der Waals surface area contributed by atoms with Crippen molar-refractivity contribution < 1.29 is 14.2 Å². The minimum absolute atomic E-state index is 0. The molecule has 0 aliphatic carbocycles. The van der Waals surface area contributed by atoms with Crippen LogP contribution in [0.1, 0.15) is 42.0 Å². The molecular weight excluding hydrogens is 522 g/mol. The molecule has 0 saturated carbocycles. The van der Waals surface area contributed by atoms with Gasteiger partial charge in [0.25, 0.3) is 0 Å². The van der Waals surface area contributed by atoms with Gasteiger partial charge in [-0.3, -0.25) is 9.89 Å². The van der Waals surface area contributed by atoms with Gasteiger partial charge in [0.1, 0.15) is 11.6 Å². The molecule has 1 fully saturated rings. The molecule has 0 aromatic heterocycles. The standard InChI is InChI=1S/C24H33FN4O2.HI/c1-26-24(27-15-18-6-11-22(25)20(14-18)17-30)28-16-23(29-12-4-3-5-13-29)19-7-9-21(31-2)10-8-19;/h6-11,14,23,30H,3-5,12-13,15-17H2,1-2H3,(H2,26,27,28);1H. The lowest BCUT2D eigenvalue weighted by Gasteiger charge is -2.35. The number of likely N-dealkylation sites (tertiary alicyclic amines) is 1. The number of nitrogens with zero attached hydrogens (tertiary/aromatic N) is 2. The van der Waals surface area contributed by atoms with Crippen molar-refractivity contribution in [2.24, 2.45) is 4.99 Å². The van der Waals surface area contributed by atoms with E-state index in [0.29, 0.717) is 18.1 Å². The summed E-state index contributed by atoms with van der Waals surface area (Å²) in [6, 6.07) is 13.3. The molecule has 0 spiro atoms. The fourth-order valence-electron chi connectivity index (χ4n) is 3.97. The summed E-state index contributed by atoms with van der Waals surface area (Å²) in [7, 11) is 3.42. The third-order valence-electron chi connectivity index (χ3n) is 5.76. The number of nitrogens with one attached hydrogen (secondary N) is 2. The Labute approximate surface area is 207 Å². The zero-order valence-corrected chi connectivity index (χ0v) is 21.1. The Hall–Kier alpha value is -1.91. The maximum atomic E-state index is 13.6. The average Bonchev–Trinajstić information content (AvgIpc) is 2.83. The molecule has 0 amide bonds. The van der Waals surface area contributed by atoms with Gasteiger partial charge in [0.2, 0.25) is 0 Å². The summed E-state index contributed by atoms with van der Waals surface area (Å²) in [6.07, 6.45) is 3.73. The summed E-state index contributed by atoms with van der Waals surface area (Å²) in [5, 5.41) is 16.0. The summed E-state index contributed by atoms with van der Waals surface area (Å²) >= 11 is 0. The third kappa shape index (κ3) is 7.31. The van der Waals surface area contributed by atoms with Gasteiger partial charge in [-0.05, 0) is 61.3 Å². The van der Waals surface area contributed by atoms with E-state index in [4.69, 9.17) is 4.74 Å². The Morgan fingerprint density at radius 2 is 1.84 bits per heavy atom. The molecule has 2 aromatic rings. The molecule has 1 atom stereocenters. The topological polar surface area (TPSA) is 69.1 Å². The van der Waals surface area contributed by atoms with Crippen LogP contribution < -0.4 is 15.4 Å². The summed E-state index contributed by atoms with van der Waals surface area (Å²) in [4.78, 5) is 6.86. The van der Waals surface area contributed by atoms with Crippen LogP contribution in [0, 0.1) is 5.82 Å². The van der Waals surface area contributed by atoms with Crippen molar-refractivity contribution in [3.05, 3.63) is 65.0 Å². The number of rotatable bonds is 8. The number of ether oxygens (including phenoxy) is 1. The van der Waals surface area contributed by atoms with E-state index in [1.807, 2.05) is 12.1 Å². The van der Waals surface area contributed by atoms with E-state index in [1.165, 1.54) is 30.9 Å². The van der Waals surface area contributed by atoms with Crippen molar-refractivity contribution in [3.63, 3.8) is 0 Å². The third-order valence-corrected chi connectivity index (χ3v) is 5.76. The first kappa shape index (κ1) is 26.3. The number of guanidine groups is 1. The predicted octanol–water partition coefficient (Wildman–Crippen LogP) is 3.84. The van der Waals surface area contributed by atoms with E-state index in [9.17, 15) is 9.50 Å². The Morgan fingerprint density at radius 1 is 1.12 bits per heavy atom. The second-order valence-corrected chi connectivity index (χ2v) is 7.78. The first-order valence-corrected chi connectivity index (χ1v) is 10.8. The van der Waals surface area contributed by atoms with Gasteiger partial charge in [-0.25, -0.2) is 4.39 Å². The number of aliphatic hydroxyl groups is 1. The molecule has 1 heterocycles. The molecule has 3 N–H and O–H groups in total. The van der Waals surface area contributed by atoms with E-state index in [0.717, 1.165) is 30.9 Å². The summed E-state index contributed by atoms with van der Waals surface area (Å²) in [5.41, 5.74) is 2.43. The number of hydrogen-bond donors (Lipinski definition) is 3. The largest absolute Gasteiger partial charge is 0.497 e. The molecule has 2 aromatic carbocycles. The smallest absolute Gasteiger partial charge is 0.191 e. The molecule has 1 saturated heterocycles. The fraction of sp³-hybridized carbons (Fsp3) is 0.458. The number of piperidine rings is 1. The Kier molecular flexibility index (Phi) is 11.2. The van der Waals surface area contributed by atoms with E-state index in [1.54, 1.807) is 26.3 Å². The van der Waals surface area contributed by atoms with Crippen LogP contribution in [-0.2, 0) is 13.2 Å². The lowest BCUT2D eigenvalue weighted by molar-refractivity contribution is 0.164. The summed E-state index contributed by atoms with van der Waals surface area (Å²) in [5.74, 6) is 1.15. The molecule has 3 rings (SSSR count). The summed E-state index contributed by atoms with van der Waals surface area (Å²) < 4.78 is 18.9. The molecule has 1 unspecified atom stereocenters. The maximum Gasteiger partial charge on any atom is 0.191 e. The van der Waals surface area contributed by atoms with Crippen LogP contribution in [0.5, 0.6) is 5.75 Å². The van der Waals surface area contributed by atoms with Crippen LogP contribution >= 0.6 is 24.0 Å². The number of halogens is 2. The van der Waals surface area contributed by atoms with Gasteiger partial charge >= 0.3 is 0 Å². The van der Waals surface area contributed by atoms with E-state index >= 15 is 0 Å². The molecule has 6 nitrogen and oxygen atoms in total. The second kappa shape index (κ2) is 13.6. The molecule has 0 bridgehead atoms. The average molecular weight is 556 g/mol. The molecule has 176 valence electrons. The maximum absolute atomic E-state index is 13.6. The van der Waals surface area contributed by atoms with Crippen LogP contribution in [0.3, 0.4) is 0 Å².